The molecule has 2 atom stereocenters. The quantitative estimate of drug-likeness (QED) is 0.756. The Balaban J connectivity index is 2.62. The van der Waals surface area contributed by atoms with Gasteiger partial charge in [-0.15, -0.1) is 0 Å². The standard InChI is InChI=1S/C16H26N2O/c1-3-5-9-13(4-2)16(19)18-15(12-17)14-10-7-6-8-11-14/h6-8,10-11,13,15H,3-5,9,12,17H2,1-2H3,(H,18,19). The lowest BCUT2D eigenvalue weighted by molar-refractivity contribution is -0.126. The Morgan fingerprint density at radius 3 is 2.47 bits per heavy atom. The predicted molar refractivity (Wildman–Crippen MR) is 79.7 cm³/mol. The first-order valence-corrected chi connectivity index (χ1v) is 7.28. The molecule has 0 saturated heterocycles. The van der Waals surface area contributed by atoms with Gasteiger partial charge in [0.2, 0.25) is 5.91 Å². The van der Waals surface area contributed by atoms with Crippen molar-refractivity contribution in [1.29, 1.82) is 0 Å². The molecule has 3 N–H and O–H groups in total. The van der Waals surface area contributed by atoms with E-state index in [2.05, 4.69) is 19.2 Å². The van der Waals surface area contributed by atoms with Crippen molar-refractivity contribution in [2.75, 3.05) is 6.54 Å². The van der Waals surface area contributed by atoms with Gasteiger partial charge in [-0.3, -0.25) is 4.79 Å². The molecule has 106 valence electrons. The first-order valence-electron chi connectivity index (χ1n) is 7.28. The minimum absolute atomic E-state index is 0.0793. The fraction of sp³-hybridized carbons (Fsp3) is 0.562. The second kappa shape index (κ2) is 8.70. The van der Waals surface area contributed by atoms with Crippen molar-refractivity contribution in [3.63, 3.8) is 0 Å². The summed E-state index contributed by atoms with van der Waals surface area (Å²) < 4.78 is 0. The zero-order valence-corrected chi connectivity index (χ0v) is 12.1. The van der Waals surface area contributed by atoms with Crippen molar-refractivity contribution >= 4 is 5.91 Å². The molecule has 3 heteroatoms. The van der Waals surface area contributed by atoms with Crippen LogP contribution in [0, 0.1) is 5.92 Å². The molecule has 19 heavy (non-hydrogen) atoms. The predicted octanol–water partition coefficient (Wildman–Crippen LogP) is 3.02. The smallest absolute Gasteiger partial charge is 0.223 e. The molecule has 1 aromatic carbocycles. The van der Waals surface area contributed by atoms with Crippen LogP contribution in [0.2, 0.25) is 0 Å². The van der Waals surface area contributed by atoms with Crippen molar-refractivity contribution in [2.24, 2.45) is 11.7 Å². The Labute approximate surface area is 116 Å². The highest BCUT2D eigenvalue weighted by atomic mass is 16.1. The topological polar surface area (TPSA) is 55.1 Å². The number of carbonyl (C=O) groups is 1. The van der Waals surface area contributed by atoms with Crippen LogP contribution in [-0.4, -0.2) is 12.5 Å². The van der Waals surface area contributed by atoms with Crippen LogP contribution in [0.25, 0.3) is 0 Å². The molecule has 0 radical (unpaired) electrons. The third kappa shape index (κ3) is 5.03. The van der Waals surface area contributed by atoms with Crippen LogP contribution in [0.4, 0.5) is 0 Å². The van der Waals surface area contributed by atoms with Gasteiger partial charge in [0, 0.05) is 12.5 Å². The molecule has 1 aromatic rings. The molecule has 0 heterocycles. The summed E-state index contributed by atoms with van der Waals surface area (Å²) in [6.45, 7) is 4.65. The van der Waals surface area contributed by atoms with E-state index in [1.165, 1.54) is 0 Å². The molecule has 3 nitrogen and oxygen atoms in total. The van der Waals surface area contributed by atoms with E-state index in [-0.39, 0.29) is 17.9 Å². The van der Waals surface area contributed by atoms with Crippen LogP contribution >= 0.6 is 0 Å². The largest absolute Gasteiger partial charge is 0.348 e. The van der Waals surface area contributed by atoms with Crippen molar-refractivity contribution in [3.05, 3.63) is 35.9 Å². The summed E-state index contributed by atoms with van der Waals surface area (Å²) in [4.78, 5) is 12.3. The number of rotatable bonds is 8. The van der Waals surface area contributed by atoms with Crippen molar-refractivity contribution in [3.8, 4) is 0 Å². The van der Waals surface area contributed by atoms with E-state index in [0.717, 1.165) is 31.2 Å². The van der Waals surface area contributed by atoms with Crippen LogP contribution in [0.3, 0.4) is 0 Å². The SMILES string of the molecule is CCCCC(CC)C(=O)NC(CN)c1ccccc1. The fourth-order valence-electron chi connectivity index (χ4n) is 2.22. The molecular weight excluding hydrogens is 236 g/mol. The van der Waals surface area contributed by atoms with Gasteiger partial charge in [0.15, 0.2) is 0 Å². The minimum Gasteiger partial charge on any atom is -0.348 e. The molecule has 2 unspecified atom stereocenters. The van der Waals surface area contributed by atoms with E-state index >= 15 is 0 Å². The van der Waals surface area contributed by atoms with E-state index in [4.69, 9.17) is 5.73 Å². The highest BCUT2D eigenvalue weighted by Gasteiger charge is 2.19. The summed E-state index contributed by atoms with van der Waals surface area (Å²) in [6.07, 6.45) is 4.08. The molecule has 1 rings (SSSR count). The van der Waals surface area contributed by atoms with Gasteiger partial charge in [-0.05, 0) is 18.4 Å². The van der Waals surface area contributed by atoms with Crippen LogP contribution < -0.4 is 11.1 Å². The molecule has 0 spiro atoms. The van der Waals surface area contributed by atoms with Crippen LogP contribution in [-0.2, 0) is 4.79 Å². The van der Waals surface area contributed by atoms with Crippen molar-refractivity contribution in [2.45, 2.75) is 45.6 Å². The summed E-state index contributed by atoms with van der Waals surface area (Å²) in [5.74, 6) is 0.243. The van der Waals surface area contributed by atoms with Gasteiger partial charge < -0.3 is 11.1 Å². The average Bonchev–Trinajstić information content (AvgIpc) is 2.46. The number of unbranched alkanes of at least 4 members (excludes halogenated alkanes) is 1. The van der Waals surface area contributed by atoms with Crippen LogP contribution in [0.15, 0.2) is 30.3 Å². The molecule has 0 saturated carbocycles. The molecule has 0 fully saturated rings. The van der Waals surface area contributed by atoms with Gasteiger partial charge in [0.1, 0.15) is 0 Å². The molecule has 0 aromatic heterocycles. The van der Waals surface area contributed by atoms with Gasteiger partial charge in [-0.25, -0.2) is 0 Å². The molecule has 0 bridgehead atoms. The zero-order chi connectivity index (χ0) is 14.1. The number of hydrogen-bond donors (Lipinski definition) is 2. The van der Waals surface area contributed by atoms with E-state index in [0.29, 0.717) is 6.54 Å². The Kier molecular flexibility index (Phi) is 7.19. The van der Waals surface area contributed by atoms with E-state index in [1.807, 2.05) is 30.3 Å². The number of nitrogens with two attached hydrogens (primary N) is 1. The van der Waals surface area contributed by atoms with E-state index < -0.39 is 0 Å². The summed E-state index contributed by atoms with van der Waals surface area (Å²) in [5, 5.41) is 3.08. The summed E-state index contributed by atoms with van der Waals surface area (Å²) in [7, 11) is 0. The van der Waals surface area contributed by atoms with Crippen LogP contribution in [0.1, 0.15) is 51.1 Å². The Hall–Kier alpha value is -1.35. The Bertz CT molecular complexity index is 364. The second-order valence-electron chi connectivity index (χ2n) is 4.95. The number of benzene rings is 1. The maximum Gasteiger partial charge on any atom is 0.223 e. The van der Waals surface area contributed by atoms with Gasteiger partial charge >= 0.3 is 0 Å². The molecular formula is C16H26N2O. The normalized spacial score (nSPS) is 13.8. The molecule has 0 aliphatic rings. The van der Waals surface area contributed by atoms with Crippen molar-refractivity contribution < 1.29 is 4.79 Å². The Morgan fingerprint density at radius 2 is 1.95 bits per heavy atom. The average molecular weight is 262 g/mol. The van der Waals surface area contributed by atoms with Gasteiger partial charge in [0.05, 0.1) is 6.04 Å². The molecule has 0 aliphatic carbocycles. The lowest BCUT2D eigenvalue weighted by atomic mass is 9.97. The minimum atomic E-state index is -0.0793. The first-order chi connectivity index (χ1) is 9.22. The van der Waals surface area contributed by atoms with Crippen LogP contribution in [0.5, 0.6) is 0 Å². The second-order valence-corrected chi connectivity index (χ2v) is 4.95. The lowest BCUT2D eigenvalue weighted by Gasteiger charge is -2.21. The fourth-order valence-corrected chi connectivity index (χ4v) is 2.22. The van der Waals surface area contributed by atoms with Crippen molar-refractivity contribution in [1.82, 2.24) is 5.32 Å². The number of amides is 1. The lowest BCUT2D eigenvalue weighted by Crippen LogP contribution is -2.37. The maximum absolute atomic E-state index is 12.3. The maximum atomic E-state index is 12.3. The summed E-state index contributed by atoms with van der Waals surface area (Å²) in [6, 6.07) is 9.84. The van der Waals surface area contributed by atoms with Gasteiger partial charge in [0.25, 0.3) is 0 Å². The molecule has 1 amide bonds. The highest BCUT2D eigenvalue weighted by Crippen LogP contribution is 2.16. The summed E-state index contributed by atoms with van der Waals surface area (Å²) >= 11 is 0. The third-order valence-electron chi connectivity index (χ3n) is 3.52. The zero-order valence-electron chi connectivity index (χ0n) is 12.1. The highest BCUT2D eigenvalue weighted by molar-refractivity contribution is 5.79. The van der Waals surface area contributed by atoms with E-state index in [1.54, 1.807) is 0 Å². The Morgan fingerprint density at radius 1 is 1.26 bits per heavy atom. The molecule has 0 aliphatic heterocycles. The first kappa shape index (κ1) is 15.7. The monoisotopic (exact) mass is 262 g/mol. The number of nitrogens with one attached hydrogen (secondary N) is 1. The van der Waals surface area contributed by atoms with Gasteiger partial charge in [-0.2, -0.15) is 0 Å². The van der Waals surface area contributed by atoms with Gasteiger partial charge in [-0.1, -0.05) is 57.0 Å². The summed E-state index contributed by atoms with van der Waals surface area (Å²) in [5.41, 5.74) is 6.85. The number of carbonyl (C=O) groups excluding carboxylic acids is 1. The van der Waals surface area contributed by atoms with E-state index in [9.17, 15) is 4.79 Å². The number of hydrogen-bond acceptors (Lipinski definition) is 2. The third-order valence-corrected chi connectivity index (χ3v) is 3.52.